The third-order valence-corrected chi connectivity index (χ3v) is 5.22. The van der Waals surface area contributed by atoms with Crippen molar-refractivity contribution >= 4 is 25.3 Å². The fourth-order valence-corrected chi connectivity index (χ4v) is 3.71. The number of benzene rings is 3. The fraction of sp³-hybridized carbons (Fsp3) is 0.0952. The summed E-state index contributed by atoms with van der Waals surface area (Å²) in [5.74, 6) is 0. The molecule has 0 amide bonds. The number of hydrogen-bond acceptors (Lipinski definition) is 1. The van der Waals surface area contributed by atoms with Crippen LogP contribution < -0.4 is 4.46 Å². The molecule has 3 aromatic carbocycles. The van der Waals surface area contributed by atoms with Crippen LogP contribution in [0.2, 0.25) is 0 Å². The first-order valence-electron chi connectivity index (χ1n) is 7.66. The van der Waals surface area contributed by atoms with Crippen LogP contribution in [0.1, 0.15) is 22.3 Å². The van der Waals surface area contributed by atoms with Crippen molar-refractivity contribution in [2.24, 2.45) is 4.01 Å². The van der Waals surface area contributed by atoms with Crippen LogP contribution in [0.15, 0.2) is 82.9 Å². The third-order valence-electron chi connectivity index (χ3n) is 3.64. The molecule has 0 aromatic heterocycles. The Bertz CT molecular complexity index is 740. The van der Waals surface area contributed by atoms with E-state index in [2.05, 4.69) is 86.6 Å². The SMILES string of the molecule is Cc1ccc(C(=N[Se]c2ccccc2)c2ccc(C)cc2)cc1. The standard InChI is InChI=1S/C21H19NSe/c1-16-8-12-18(13-9-16)21(19-14-10-17(2)11-15-19)22-23-20-6-4-3-5-7-20/h3-15H,1-2H3. The normalized spacial score (nSPS) is 10.3. The number of aryl methyl sites for hydroxylation is 2. The third kappa shape index (κ3) is 4.19. The van der Waals surface area contributed by atoms with E-state index < -0.39 is 0 Å². The van der Waals surface area contributed by atoms with E-state index in [1.54, 1.807) is 0 Å². The van der Waals surface area contributed by atoms with Crippen LogP contribution in [0.3, 0.4) is 0 Å². The van der Waals surface area contributed by atoms with Crippen LogP contribution >= 0.6 is 0 Å². The predicted molar refractivity (Wildman–Crippen MR) is 99.8 cm³/mol. The molecular formula is C21H19NSe. The van der Waals surface area contributed by atoms with Gasteiger partial charge in [0, 0.05) is 0 Å². The van der Waals surface area contributed by atoms with E-state index in [1.165, 1.54) is 26.7 Å². The van der Waals surface area contributed by atoms with Crippen molar-refractivity contribution in [3.8, 4) is 0 Å². The molecule has 3 aromatic rings. The molecular weight excluding hydrogens is 345 g/mol. The summed E-state index contributed by atoms with van der Waals surface area (Å²) in [7, 11) is 0. The molecule has 0 bridgehead atoms. The first-order chi connectivity index (χ1) is 11.2. The summed E-state index contributed by atoms with van der Waals surface area (Å²) in [5, 5.41) is 0. The van der Waals surface area contributed by atoms with Gasteiger partial charge in [-0.3, -0.25) is 0 Å². The van der Waals surface area contributed by atoms with Crippen molar-refractivity contribution in [1.82, 2.24) is 0 Å². The van der Waals surface area contributed by atoms with Gasteiger partial charge in [-0.05, 0) is 0 Å². The first kappa shape index (κ1) is 15.7. The van der Waals surface area contributed by atoms with Crippen molar-refractivity contribution in [2.45, 2.75) is 13.8 Å². The average Bonchev–Trinajstić information content (AvgIpc) is 2.59. The Morgan fingerprint density at radius 2 is 1.13 bits per heavy atom. The Morgan fingerprint density at radius 1 is 0.652 bits per heavy atom. The molecule has 0 saturated heterocycles. The number of hydrogen-bond donors (Lipinski definition) is 0. The van der Waals surface area contributed by atoms with Crippen molar-refractivity contribution in [1.29, 1.82) is 0 Å². The zero-order chi connectivity index (χ0) is 16.1. The fourth-order valence-electron chi connectivity index (χ4n) is 2.27. The zero-order valence-electron chi connectivity index (χ0n) is 13.4. The summed E-state index contributed by atoms with van der Waals surface area (Å²) in [5.41, 5.74) is 5.97. The van der Waals surface area contributed by atoms with Crippen LogP contribution in [0, 0.1) is 13.8 Å². The summed E-state index contributed by atoms with van der Waals surface area (Å²) < 4.78 is 6.26. The van der Waals surface area contributed by atoms with Gasteiger partial charge in [0.1, 0.15) is 0 Å². The topological polar surface area (TPSA) is 12.4 Å². The molecule has 0 saturated carbocycles. The second kappa shape index (κ2) is 7.41. The van der Waals surface area contributed by atoms with Gasteiger partial charge in [-0.2, -0.15) is 0 Å². The summed E-state index contributed by atoms with van der Waals surface area (Å²) >= 11 is 0.0758. The van der Waals surface area contributed by atoms with Crippen molar-refractivity contribution in [3.05, 3.63) is 101 Å². The molecule has 0 spiro atoms. The van der Waals surface area contributed by atoms with E-state index in [1.807, 2.05) is 6.07 Å². The minimum absolute atomic E-state index is 0.0758. The molecule has 114 valence electrons. The Morgan fingerprint density at radius 3 is 1.61 bits per heavy atom. The van der Waals surface area contributed by atoms with Crippen LogP contribution in [-0.2, 0) is 0 Å². The predicted octanol–water partition coefficient (Wildman–Crippen LogP) is 4.09. The Kier molecular flexibility index (Phi) is 5.07. The summed E-state index contributed by atoms with van der Waals surface area (Å²) in [6, 6.07) is 27.7. The molecule has 0 atom stereocenters. The van der Waals surface area contributed by atoms with Gasteiger partial charge in [-0.1, -0.05) is 0 Å². The molecule has 0 aliphatic rings. The summed E-state index contributed by atoms with van der Waals surface area (Å²) in [4.78, 5) is 0. The minimum atomic E-state index is 0.0758. The molecule has 0 aliphatic carbocycles. The molecule has 0 unspecified atom stereocenters. The van der Waals surface area contributed by atoms with Gasteiger partial charge in [-0.15, -0.1) is 0 Å². The molecule has 0 radical (unpaired) electrons. The van der Waals surface area contributed by atoms with E-state index in [0.717, 1.165) is 5.71 Å². The van der Waals surface area contributed by atoms with Crippen molar-refractivity contribution in [3.63, 3.8) is 0 Å². The molecule has 23 heavy (non-hydrogen) atoms. The van der Waals surface area contributed by atoms with Gasteiger partial charge < -0.3 is 0 Å². The molecule has 1 nitrogen and oxygen atoms in total. The maximum atomic E-state index is 4.97. The Hall–Kier alpha value is -2.15. The first-order valence-corrected chi connectivity index (χ1v) is 9.29. The van der Waals surface area contributed by atoms with Gasteiger partial charge >= 0.3 is 144 Å². The maximum absolute atomic E-state index is 4.97. The van der Waals surface area contributed by atoms with Gasteiger partial charge in [0.05, 0.1) is 0 Å². The molecule has 0 fully saturated rings. The average molecular weight is 364 g/mol. The Labute approximate surface area is 144 Å². The molecule has 0 heterocycles. The van der Waals surface area contributed by atoms with Crippen molar-refractivity contribution in [2.75, 3.05) is 0 Å². The monoisotopic (exact) mass is 365 g/mol. The number of rotatable bonds is 4. The molecule has 0 aliphatic heterocycles. The van der Waals surface area contributed by atoms with Gasteiger partial charge in [0.25, 0.3) is 0 Å². The zero-order valence-corrected chi connectivity index (χ0v) is 15.1. The second-order valence-corrected chi connectivity index (χ2v) is 7.33. The second-order valence-electron chi connectivity index (χ2n) is 5.58. The van der Waals surface area contributed by atoms with Crippen LogP contribution in [0.25, 0.3) is 0 Å². The van der Waals surface area contributed by atoms with Gasteiger partial charge in [0.15, 0.2) is 0 Å². The summed E-state index contributed by atoms with van der Waals surface area (Å²) in [6.45, 7) is 4.22. The molecule has 2 heteroatoms. The molecule has 0 N–H and O–H groups in total. The van der Waals surface area contributed by atoms with E-state index >= 15 is 0 Å². The van der Waals surface area contributed by atoms with E-state index in [4.69, 9.17) is 4.01 Å². The molecule has 3 rings (SSSR count). The quantitative estimate of drug-likeness (QED) is 0.489. The Balaban J connectivity index is 1.99. The van der Waals surface area contributed by atoms with E-state index in [0.29, 0.717) is 0 Å². The van der Waals surface area contributed by atoms with E-state index in [9.17, 15) is 0 Å². The van der Waals surface area contributed by atoms with Gasteiger partial charge in [0.2, 0.25) is 0 Å². The van der Waals surface area contributed by atoms with Crippen molar-refractivity contribution < 1.29 is 0 Å². The number of nitrogens with zero attached hydrogens (tertiary/aromatic N) is 1. The van der Waals surface area contributed by atoms with Crippen LogP contribution in [0.4, 0.5) is 0 Å². The van der Waals surface area contributed by atoms with E-state index in [-0.39, 0.29) is 15.2 Å². The van der Waals surface area contributed by atoms with Crippen LogP contribution in [0.5, 0.6) is 0 Å². The van der Waals surface area contributed by atoms with Gasteiger partial charge in [-0.25, -0.2) is 0 Å². The van der Waals surface area contributed by atoms with Crippen LogP contribution in [-0.4, -0.2) is 20.9 Å². The summed E-state index contributed by atoms with van der Waals surface area (Å²) in [6.07, 6.45) is 0.